The van der Waals surface area contributed by atoms with Crippen molar-refractivity contribution in [3.05, 3.63) is 6.65 Å². The van der Waals surface area contributed by atoms with Gasteiger partial charge >= 0.3 is 39.6 Å². The Morgan fingerprint density at radius 3 is 1.13 bits per heavy atom. The minimum absolute atomic E-state index is 0.207. The van der Waals surface area contributed by atoms with Crippen molar-refractivity contribution in [1.29, 1.82) is 0 Å². The van der Waals surface area contributed by atoms with Gasteiger partial charge in [-0.25, -0.2) is 0 Å². The molecule has 0 radical (unpaired) electrons. The van der Waals surface area contributed by atoms with E-state index in [-0.39, 0.29) is 15.8 Å². The number of rotatable bonds is 10. The first kappa shape index (κ1) is 29.3. The third-order valence-electron chi connectivity index (χ3n) is 3.75. The summed E-state index contributed by atoms with van der Waals surface area (Å²) in [6.07, 6.45) is 2.79. The fraction of sp³-hybridized carbons (Fsp3) is 0.941. The van der Waals surface area contributed by atoms with Crippen molar-refractivity contribution in [3.63, 3.8) is 0 Å². The predicted molar refractivity (Wildman–Crippen MR) is 111 cm³/mol. The van der Waals surface area contributed by atoms with Gasteiger partial charge in [0.2, 0.25) is 0 Å². The van der Waals surface area contributed by atoms with Gasteiger partial charge in [0.15, 0.2) is 0 Å². The Kier molecular flexibility index (Phi) is 25.3. The van der Waals surface area contributed by atoms with Gasteiger partial charge in [-0.05, 0) is 48.0 Å². The molecule has 6 heteroatoms. The molecule has 0 aliphatic heterocycles. The Hall–Kier alpha value is 1.56. The van der Waals surface area contributed by atoms with E-state index in [1.807, 2.05) is 0 Å². The van der Waals surface area contributed by atoms with Crippen molar-refractivity contribution in [2.45, 2.75) is 78.0 Å². The molecule has 0 heterocycles. The van der Waals surface area contributed by atoms with Crippen LogP contribution in [-0.2, 0) is 18.9 Å². The minimum atomic E-state index is 0.207. The summed E-state index contributed by atoms with van der Waals surface area (Å²) in [5, 5.41) is 3.70. The molecule has 0 spiro atoms. The fourth-order valence-corrected chi connectivity index (χ4v) is 8.05. The number of hydrogen-bond donors (Lipinski definition) is 1. The van der Waals surface area contributed by atoms with E-state index in [9.17, 15) is 0 Å². The summed E-state index contributed by atoms with van der Waals surface area (Å²) in [7, 11) is 0.415. The van der Waals surface area contributed by atoms with Crippen LogP contribution in [0.5, 0.6) is 0 Å². The van der Waals surface area contributed by atoms with Crippen LogP contribution in [0.1, 0.15) is 55.4 Å². The van der Waals surface area contributed by atoms with Crippen LogP contribution in [-0.4, -0.2) is 48.0 Å². The number of hydrogen-bond acceptors (Lipinski definition) is 1. The van der Waals surface area contributed by atoms with Crippen molar-refractivity contribution in [1.82, 2.24) is 5.32 Å². The summed E-state index contributed by atoms with van der Waals surface area (Å²) in [6.45, 7) is 26.1. The monoisotopic (exact) mass is 469 g/mol. The molecule has 0 unspecified atom stereocenters. The van der Waals surface area contributed by atoms with E-state index < -0.39 is 0 Å². The topological polar surface area (TPSA) is 31.9 Å². The Labute approximate surface area is 163 Å². The van der Waals surface area contributed by atoms with Crippen LogP contribution in [0.25, 0.3) is 0 Å². The van der Waals surface area contributed by atoms with Crippen LogP contribution in [0.3, 0.4) is 0 Å². The van der Waals surface area contributed by atoms with E-state index in [2.05, 4.69) is 95.7 Å². The zero-order chi connectivity index (χ0) is 19.0. The van der Waals surface area contributed by atoms with Crippen LogP contribution in [0.2, 0.25) is 0 Å². The van der Waals surface area contributed by atoms with Crippen LogP contribution in [0, 0.1) is 6.65 Å². The van der Waals surface area contributed by atoms with Gasteiger partial charge in [-0.1, -0.05) is 55.4 Å². The predicted octanol–water partition coefficient (Wildman–Crippen LogP) is 5.71. The molecule has 0 fully saturated rings. The van der Waals surface area contributed by atoms with Gasteiger partial charge in [0, 0.05) is 0 Å². The van der Waals surface area contributed by atoms with Crippen LogP contribution in [0.15, 0.2) is 0 Å². The van der Waals surface area contributed by atoms with Gasteiger partial charge in [0.1, 0.15) is 0 Å². The van der Waals surface area contributed by atoms with Gasteiger partial charge in [-0.2, -0.15) is 0 Å². The zero-order valence-corrected chi connectivity index (χ0v) is 20.8. The maximum atomic E-state index is 7.50. The van der Waals surface area contributed by atoms with Gasteiger partial charge in [-0.3, -0.25) is 0 Å². The van der Waals surface area contributed by atoms with Crippen LogP contribution in [0.4, 0.5) is 0 Å². The quantitative estimate of drug-likeness (QED) is 0.143. The molecule has 142 valence electrons. The summed E-state index contributed by atoms with van der Waals surface area (Å²) >= 11 is 5.50. The molecule has 0 aromatic heterocycles. The van der Waals surface area contributed by atoms with E-state index in [1.54, 1.807) is 0 Å². The van der Waals surface area contributed by atoms with E-state index in [0.717, 1.165) is 22.6 Å². The molecule has 0 aliphatic carbocycles. The Bertz CT molecular complexity index is 226. The molecule has 0 amide bonds. The van der Waals surface area contributed by atoms with Gasteiger partial charge in [0.05, 0.1) is 0 Å². The van der Waals surface area contributed by atoms with Crippen molar-refractivity contribution in [2.75, 3.05) is 25.4 Å². The second kappa shape index (κ2) is 19.9. The normalized spacial score (nSPS) is 11.1. The molecule has 0 aromatic rings. The summed E-state index contributed by atoms with van der Waals surface area (Å²) < 4.78 is 7.50. The van der Waals surface area contributed by atoms with E-state index >= 15 is 0 Å². The van der Waals surface area contributed by atoms with Gasteiger partial charge < -0.3 is 5.32 Å². The second-order valence-corrected chi connectivity index (χ2v) is 13.7. The second-order valence-electron chi connectivity index (χ2n) is 6.60. The first-order valence-electron chi connectivity index (χ1n) is 8.34. The third kappa shape index (κ3) is 16.8. The molecule has 0 atom stereocenters. The number of halogens is 1. The first-order chi connectivity index (χ1) is 10.8. The summed E-state index contributed by atoms with van der Waals surface area (Å²) in [6, 6.07) is 0. The Balaban J connectivity index is -0.000000919. The van der Waals surface area contributed by atoms with Crippen LogP contribution < -0.4 is 5.32 Å². The number of nitrogens with one attached hydrogen (secondary N) is 1. The molecule has 0 aromatic carbocycles. The summed E-state index contributed by atoms with van der Waals surface area (Å²) in [5.74, 6) is 0. The van der Waals surface area contributed by atoms with E-state index in [4.69, 9.17) is 4.65 Å². The molecule has 2 nitrogen and oxygen atoms in total. The average molecular weight is 470 g/mol. The molecule has 0 bridgehead atoms. The van der Waals surface area contributed by atoms with Crippen molar-refractivity contribution >= 4 is 30.0 Å². The Morgan fingerprint density at radius 1 is 0.739 bits per heavy atom. The zero-order valence-electron chi connectivity index (χ0n) is 16.2. The molecule has 23 heavy (non-hydrogen) atoms. The Morgan fingerprint density at radius 2 is 0.957 bits per heavy atom. The van der Waals surface area contributed by atoms with Gasteiger partial charge in [0.25, 0.3) is 0 Å². The van der Waals surface area contributed by atoms with Crippen LogP contribution >= 0.6 is 30.0 Å². The molecule has 0 saturated heterocycles. The van der Waals surface area contributed by atoms with E-state index in [1.165, 1.54) is 25.4 Å². The average Bonchev–Trinajstić information content (AvgIpc) is 2.48. The maximum absolute atomic E-state index is 7.50. The van der Waals surface area contributed by atoms with E-state index in [0.29, 0.717) is 0 Å². The molecule has 1 N–H and O–H groups in total. The van der Waals surface area contributed by atoms with Crippen molar-refractivity contribution < 1.29 is 18.9 Å². The molecule has 0 rings (SSSR count). The molecule has 0 saturated carbocycles. The summed E-state index contributed by atoms with van der Waals surface area (Å²) in [5.41, 5.74) is 3.50. The third-order valence-corrected chi connectivity index (χ3v) is 10.5. The first-order valence-corrected chi connectivity index (χ1v) is 14.6. The molecular weight excluding hydrogens is 432 g/mol. The molecule has 0 aliphatic rings. The molecular formula is C17H38BrFeNOP2. The SMILES string of the molecule is CC(C)P(CCNCCP(C(C)C)C(C)C)C(C)C.[C-]#[O+].[FeH][Br]. The fourth-order valence-electron chi connectivity index (χ4n) is 2.77. The van der Waals surface area contributed by atoms with Gasteiger partial charge in [-0.15, -0.1) is 15.8 Å². The van der Waals surface area contributed by atoms with Crippen molar-refractivity contribution in [3.8, 4) is 0 Å². The van der Waals surface area contributed by atoms with Crippen molar-refractivity contribution in [2.24, 2.45) is 0 Å². The standard InChI is InChI=1S/C16H37NP2.CO.BrH.Fe.H/c1-13(2)18(14(3)4)11-9-17-10-12-19(15(5)6)16(7)8;1-2;;;/h13-17H,9-12H2,1-8H3;;1H;;/q;;;+1;/p-1. The summed E-state index contributed by atoms with van der Waals surface area (Å²) in [4.78, 5) is 0.